The molecule has 1 rings (SSSR count). The second kappa shape index (κ2) is 8.47. The maximum Gasteiger partial charge on any atom is 0.195 e. The third-order valence-electron chi connectivity index (χ3n) is 2.85. The van der Waals surface area contributed by atoms with Crippen molar-refractivity contribution in [3.05, 3.63) is 18.2 Å². The lowest BCUT2D eigenvalue weighted by atomic mass is 10.3. The summed E-state index contributed by atoms with van der Waals surface area (Å²) >= 11 is 0. The zero-order valence-corrected chi connectivity index (χ0v) is 14.2. The van der Waals surface area contributed by atoms with E-state index in [1.54, 1.807) is 33.4 Å². The van der Waals surface area contributed by atoms with Crippen molar-refractivity contribution in [2.24, 2.45) is 4.99 Å². The summed E-state index contributed by atoms with van der Waals surface area (Å²) in [5.74, 6) is 1.96. The molecule has 1 aromatic rings. The van der Waals surface area contributed by atoms with Crippen molar-refractivity contribution in [3.8, 4) is 11.5 Å². The molecule has 0 aliphatic rings. The number of methoxy groups -OCH3 is 2. The van der Waals surface area contributed by atoms with Gasteiger partial charge in [0.05, 0.1) is 20.0 Å². The topological polar surface area (TPSA) is 89.0 Å². The van der Waals surface area contributed by atoms with Gasteiger partial charge < -0.3 is 20.1 Å². The third-order valence-corrected chi connectivity index (χ3v) is 3.88. The van der Waals surface area contributed by atoms with Crippen molar-refractivity contribution in [1.29, 1.82) is 0 Å². The predicted molar refractivity (Wildman–Crippen MR) is 88.9 cm³/mol. The van der Waals surface area contributed by atoms with Crippen molar-refractivity contribution in [3.63, 3.8) is 0 Å². The molecule has 0 amide bonds. The van der Waals surface area contributed by atoms with Gasteiger partial charge in [-0.1, -0.05) is 0 Å². The monoisotopic (exact) mass is 329 g/mol. The van der Waals surface area contributed by atoms with Crippen molar-refractivity contribution >= 4 is 21.5 Å². The molecule has 0 bridgehead atoms. The summed E-state index contributed by atoms with van der Waals surface area (Å²) in [6.07, 6.45) is 1.75. The highest BCUT2D eigenvalue weighted by molar-refractivity contribution is 7.90. The highest BCUT2D eigenvalue weighted by Gasteiger charge is 2.06. The van der Waals surface area contributed by atoms with Gasteiger partial charge in [0, 0.05) is 31.6 Å². The third kappa shape index (κ3) is 6.21. The summed E-state index contributed by atoms with van der Waals surface area (Å²) in [5.41, 5.74) is 0.786. The van der Waals surface area contributed by atoms with E-state index < -0.39 is 9.84 Å². The molecular formula is C14H23N3O4S. The molecule has 22 heavy (non-hydrogen) atoms. The quantitative estimate of drug-likeness (QED) is 0.443. The molecule has 0 aromatic heterocycles. The Morgan fingerprint density at radius 3 is 2.45 bits per heavy atom. The zero-order chi connectivity index (χ0) is 16.6. The van der Waals surface area contributed by atoms with Gasteiger partial charge in [0.2, 0.25) is 0 Å². The molecule has 1 aromatic carbocycles. The molecule has 0 heterocycles. The SMILES string of the molecule is CN=C(NCCCS(C)(=O)=O)Nc1ccc(OC)c(OC)c1. The Bertz CT molecular complexity index is 615. The molecule has 0 aliphatic carbocycles. The van der Waals surface area contributed by atoms with Crippen LogP contribution in [0.1, 0.15) is 6.42 Å². The van der Waals surface area contributed by atoms with Crippen molar-refractivity contribution in [1.82, 2.24) is 5.32 Å². The zero-order valence-electron chi connectivity index (χ0n) is 13.3. The molecule has 0 atom stereocenters. The summed E-state index contributed by atoms with van der Waals surface area (Å²) in [5, 5.41) is 6.17. The largest absolute Gasteiger partial charge is 0.493 e. The lowest BCUT2D eigenvalue weighted by Gasteiger charge is -2.14. The number of hydrogen-bond acceptors (Lipinski definition) is 5. The maximum absolute atomic E-state index is 11.1. The van der Waals surface area contributed by atoms with Crippen LogP contribution < -0.4 is 20.1 Å². The van der Waals surface area contributed by atoms with E-state index in [-0.39, 0.29) is 5.75 Å². The predicted octanol–water partition coefficient (Wildman–Crippen LogP) is 1.13. The molecule has 0 saturated heterocycles. The molecule has 2 N–H and O–H groups in total. The van der Waals surface area contributed by atoms with Crippen LogP contribution in [0.15, 0.2) is 23.2 Å². The van der Waals surface area contributed by atoms with Crippen molar-refractivity contribution in [2.45, 2.75) is 6.42 Å². The van der Waals surface area contributed by atoms with Crippen molar-refractivity contribution in [2.75, 3.05) is 45.1 Å². The van der Waals surface area contributed by atoms with E-state index in [2.05, 4.69) is 15.6 Å². The van der Waals surface area contributed by atoms with Crippen LogP contribution in [-0.2, 0) is 9.84 Å². The highest BCUT2D eigenvalue weighted by atomic mass is 32.2. The standard InChI is InChI=1S/C14H23N3O4S/c1-15-14(16-8-5-9-22(4,18)19)17-11-6-7-12(20-2)13(10-11)21-3/h6-7,10H,5,8-9H2,1-4H3,(H2,15,16,17). The van der Waals surface area contributed by atoms with Crippen LogP contribution in [0.2, 0.25) is 0 Å². The molecular weight excluding hydrogens is 306 g/mol. The number of nitrogens with one attached hydrogen (secondary N) is 2. The second-order valence-electron chi connectivity index (χ2n) is 4.68. The first kappa shape index (κ1) is 18.1. The van der Waals surface area contributed by atoms with Crippen LogP contribution in [-0.4, -0.2) is 54.2 Å². The van der Waals surface area contributed by atoms with E-state index >= 15 is 0 Å². The number of hydrogen-bond donors (Lipinski definition) is 2. The fourth-order valence-corrected chi connectivity index (χ4v) is 2.44. The van der Waals surface area contributed by atoms with Crippen LogP contribution in [0.5, 0.6) is 11.5 Å². The summed E-state index contributed by atoms with van der Waals surface area (Å²) in [4.78, 5) is 4.09. The average Bonchev–Trinajstić information content (AvgIpc) is 2.49. The molecule has 0 unspecified atom stereocenters. The summed E-state index contributed by atoms with van der Waals surface area (Å²) in [7, 11) is 1.86. The fraction of sp³-hybridized carbons (Fsp3) is 0.500. The minimum Gasteiger partial charge on any atom is -0.493 e. The van der Waals surface area contributed by atoms with Crippen LogP contribution in [0.25, 0.3) is 0 Å². The lowest BCUT2D eigenvalue weighted by molar-refractivity contribution is 0.355. The van der Waals surface area contributed by atoms with Crippen LogP contribution in [0.4, 0.5) is 5.69 Å². The Morgan fingerprint density at radius 1 is 1.23 bits per heavy atom. The Labute approximate surface area is 131 Å². The molecule has 7 nitrogen and oxygen atoms in total. The number of ether oxygens (including phenoxy) is 2. The Hall–Kier alpha value is -1.96. The molecule has 0 spiro atoms. The Kier molecular flexibility index (Phi) is 6.97. The smallest absolute Gasteiger partial charge is 0.195 e. The van der Waals surface area contributed by atoms with Gasteiger partial charge in [0.15, 0.2) is 17.5 Å². The first-order valence-corrected chi connectivity index (χ1v) is 8.83. The number of anilines is 1. The molecule has 0 saturated carbocycles. The first-order chi connectivity index (χ1) is 10.4. The number of rotatable bonds is 7. The van der Waals surface area contributed by atoms with Crippen LogP contribution in [0.3, 0.4) is 0 Å². The number of benzene rings is 1. The van der Waals surface area contributed by atoms with Gasteiger partial charge in [-0.15, -0.1) is 0 Å². The van der Waals surface area contributed by atoms with Gasteiger partial charge in [0.25, 0.3) is 0 Å². The summed E-state index contributed by atoms with van der Waals surface area (Å²) < 4.78 is 32.6. The van der Waals surface area contributed by atoms with E-state index in [9.17, 15) is 8.42 Å². The van der Waals surface area contributed by atoms with Crippen LogP contribution in [0, 0.1) is 0 Å². The normalized spacial score (nSPS) is 11.9. The van der Waals surface area contributed by atoms with E-state index in [0.717, 1.165) is 5.69 Å². The lowest BCUT2D eigenvalue weighted by Crippen LogP contribution is -2.32. The fourth-order valence-electron chi connectivity index (χ4n) is 1.77. The second-order valence-corrected chi connectivity index (χ2v) is 6.94. The number of guanidine groups is 1. The van der Waals surface area contributed by atoms with Crippen molar-refractivity contribution < 1.29 is 17.9 Å². The summed E-state index contributed by atoms with van der Waals surface area (Å²) in [6, 6.07) is 5.42. The van der Waals surface area contributed by atoms with Gasteiger partial charge >= 0.3 is 0 Å². The number of nitrogens with zero attached hydrogens (tertiary/aromatic N) is 1. The molecule has 0 fully saturated rings. The minimum atomic E-state index is -2.94. The first-order valence-electron chi connectivity index (χ1n) is 6.77. The van der Waals surface area contributed by atoms with E-state index in [1.165, 1.54) is 6.26 Å². The van der Waals surface area contributed by atoms with E-state index in [0.29, 0.717) is 30.4 Å². The average molecular weight is 329 g/mol. The van der Waals surface area contributed by atoms with Gasteiger partial charge in [-0.3, -0.25) is 4.99 Å². The van der Waals surface area contributed by atoms with Gasteiger partial charge in [-0.25, -0.2) is 8.42 Å². The molecule has 0 radical (unpaired) electrons. The van der Waals surface area contributed by atoms with Gasteiger partial charge in [-0.05, 0) is 18.6 Å². The summed E-state index contributed by atoms with van der Waals surface area (Å²) in [6.45, 7) is 0.514. The molecule has 8 heteroatoms. The number of sulfone groups is 1. The van der Waals surface area contributed by atoms with E-state index in [1.807, 2.05) is 6.07 Å². The highest BCUT2D eigenvalue weighted by Crippen LogP contribution is 2.29. The van der Waals surface area contributed by atoms with Gasteiger partial charge in [0.1, 0.15) is 9.84 Å². The maximum atomic E-state index is 11.1. The Balaban J connectivity index is 2.59. The van der Waals surface area contributed by atoms with E-state index in [4.69, 9.17) is 9.47 Å². The number of aliphatic imine (C=N–C) groups is 1. The van der Waals surface area contributed by atoms with Gasteiger partial charge in [-0.2, -0.15) is 0 Å². The molecule has 124 valence electrons. The Morgan fingerprint density at radius 2 is 1.91 bits per heavy atom. The minimum absolute atomic E-state index is 0.146. The van der Waals surface area contributed by atoms with Crippen LogP contribution >= 0.6 is 0 Å². The molecule has 0 aliphatic heterocycles.